The van der Waals surface area contributed by atoms with Crippen LogP contribution in [-0.4, -0.2) is 124 Å². The lowest BCUT2D eigenvalue weighted by Crippen LogP contribution is -2.17. The number of ether oxygens (including phenoxy) is 8. The van der Waals surface area contributed by atoms with Gasteiger partial charge in [-0.1, -0.05) is 45.1 Å². The standard InChI is InChI=1S/C29H59NO10/c1-3-4-5-6-7-8-9-10-29(2)30-40-28-27-39-26-25-38-24-23-37-22-21-36-20-19-35-18-17-34-16-15-33-14-13-32-12-11-31/h10,30-31H,3-9,11-28H2,1-2H3. The SMILES string of the molecule is CCCCCCCCC=C(C)NOCCOCCOCCOCCOCCOCCOCCOCCOCCO. The molecule has 0 fully saturated rings. The fourth-order valence-electron chi connectivity index (χ4n) is 3.26. The van der Waals surface area contributed by atoms with Gasteiger partial charge in [-0.2, -0.15) is 0 Å². The molecule has 0 aromatic rings. The maximum absolute atomic E-state index is 8.57. The van der Waals surface area contributed by atoms with E-state index >= 15 is 0 Å². The predicted octanol–water partition coefficient (Wildman–Crippen LogP) is 3.29. The van der Waals surface area contributed by atoms with Crippen LogP contribution in [0.15, 0.2) is 11.8 Å². The van der Waals surface area contributed by atoms with Crippen LogP contribution in [0.2, 0.25) is 0 Å². The zero-order valence-electron chi connectivity index (χ0n) is 25.4. The van der Waals surface area contributed by atoms with Crippen molar-refractivity contribution in [2.24, 2.45) is 0 Å². The Morgan fingerprint density at radius 3 is 1.25 bits per heavy atom. The number of allylic oxidation sites excluding steroid dienone is 2. The van der Waals surface area contributed by atoms with Crippen LogP contribution in [0, 0.1) is 0 Å². The number of aliphatic hydroxyl groups excluding tert-OH is 1. The monoisotopic (exact) mass is 581 g/mol. The molecule has 11 heteroatoms. The van der Waals surface area contributed by atoms with E-state index in [1.807, 2.05) is 6.92 Å². The Morgan fingerprint density at radius 2 is 0.850 bits per heavy atom. The Kier molecular flexibility index (Phi) is 35.4. The van der Waals surface area contributed by atoms with E-state index in [0.717, 1.165) is 12.1 Å². The fraction of sp³-hybridized carbons (Fsp3) is 0.931. The Morgan fingerprint density at radius 1 is 0.500 bits per heavy atom. The molecule has 0 atom stereocenters. The van der Waals surface area contributed by atoms with Crippen molar-refractivity contribution < 1.29 is 47.8 Å². The highest BCUT2D eigenvalue weighted by Gasteiger charge is 1.96. The third-order valence-corrected chi connectivity index (χ3v) is 5.41. The number of hydroxylamine groups is 1. The molecule has 0 bridgehead atoms. The van der Waals surface area contributed by atoms with Gasteiger partial charge in [0.05, 0.1) is 119 Å². The van der Waals surface area contributed by atoms with Crippen molar-refractivity contribution in [1.29, 1.82) is 0 Å². The Balaban J connectivity index is 3.13. The van der Waals surface area contributed by atoms with Crippen LogP contribution in [0.1, 0.15) is 58.8 Å². The number of nitrogens with one attached hydrogen (secondary N) is 1. The van der Waals surface area contributed by atoms with Gasteiger partial charge in [-0.05, 0) is 19.8 Å². The summed E-state index contributed by atoms with van der Waals surface area (Å²) in [7, 11) is 0. The van der Waals surface area contributed by atoms with Crippen LogP contribution in [0.5, 0.6) is 0 Å². The first-order valence-electron chi connectivity index (χ1n) is 15.1. The molecule has 0 aromatic carbocycles. The highest BCUT2D eigenvalue weighted by molar-refractivity contribution is 4.92. The molecule has 2 N–H and O–H groups in total. The second-order valence-corrected chi connectivity index (χ2v) is 9.02. The van der Waals surface area contributed by atoms with E-state index in [0.29, 0.717) is 112 Å². The quantitative estimate of drug-likeness (QED) is 0.0849. The van der Waals surface area contributed by atoms with Gasteiger partial charge < -0.3 is 43.0 Å². The fourth-order valence-corrected chi connectivity index (χ4v) is 3.26. The Hall–Kier alpha value is -0.860. The third-order valence-electron chi connectivity index (χ3n) is 5.41. The van der Waals surface area contributed by atoms with E-state index in [9.17, 15) is 0 Å². The maximum Gasteiger partial charge on any atom is 0.0979 e. The number of rotatable bonds is 35. The highest BCUT2D eigenvalue weighted by Crippen LogP contribution is 2.07. The van der Waals surface area contributed by atoms with Gasteiger partial charge in [0, 0.05) is 5.70 Å². The number of aliphatic hydroxyl groups is 1. The molecule has 0 unspecified atom stereocenters. The molecule has 240 valence electrons. The molecule has 0 aromatic heterocycles. The van der Waals surface area contributed by atoms with Gasteiger partial charge in [0.2, 0.25) is 0 Å². The van der Waals surface area contributed by atoms with Gasteiger partial charge in [-0.15, -0.1) is 0 Å². The molecule has 0 spiro atoms. The first kappa shape index (κ1) is 39.1. The summed E-state index contributed by atoms with van der Waals surface area (Å²) in [5.41, 5.74) is 4.01. The van der Waals surface area contributed by atoms with Crippen molar-refractivity contribution in [2.45, 2.75) is 58.8 Å². The van der Waals surface area contributed by atoms with Crippen molar-refractivity contribution >= 4 is 0 Å². The predicted molar refractivity (Wildman–Crippen MR) is 154 cm³/mol. The molecule has 0 heterocycles. The van der Waals surface area contributed by atoms with Crippen molar-refractivity contribution in [3.63, 3.8) is 0 Å². The Labute approximate surface area is 243 Å². The van der Waals surface area contributed by atoms with Crippen molar-refractivity contribution in [2.75, 3.05) is 119 Å². The minimum atomic E-state index is 0.0299. The van der Waals surface area contributed by atoms with E-state index in [2.05, 4.69) is 18.5 Å². The topological polar surface area (TPSA) is 115 Å². The van der Waals surface area contributed by atoms with E-state index < -0.39 is 0 Å². The van der Waals surface area contributed by atoms with Crippen molar-refractivity contribution in [3.05, 3.63) is 11.8 Å². The van der Waals surface area contributed by atoms with Crippen LogP contribution in [0.25, 0.3) is 0 Å². The van der Waals surface area contributed by atoms with E-state index in [4.69, 9.17) is 47.8 Å². The van der Waals surface area contributed by atoms with E-state index in [1.54, 1.807) is 0 Å². The average molecular weight is 582 g/mol. The molecule has 0 aliphatic carbocycles. The highest BCUT2D eigenvalue weighted by atomic mass is 16.7. The lowest BCUT2D eigenvalue weighted by atomic mass is 10.1. The first-order chi connectivity index (χ1) is 19.8. The maximum atomic E-state index is 8.57. The summed E-state index contributed by atoms with van der Waals surface area (Å²) in [6, 6.07) is 0. The number of unbranched alkanes of at least 4 members (excludes halogenated alkanes) is 6. The van der Waals surface area contributed by atoms with Crippen molar-refractivity contribution in [3.8, 4) is 0 Å². The van der Waals surface area contributed by atoms with Gasteiger partial charge in [0.1, 0.15) is 0 Å². The summed E-state index contributed by atoms with van der Waals surface area (Å²) >= 11 is 0. The average Bonchev–Trinajstić information content (AvgIpc) is 2.96. The molecular formula is C29H59NO10. The summed E-state index contributed by atoms with van der Waals surface area (Å²) in [4.78, 5) is 5.42. The second-order valence-electron chi connectivity index (χ2n) is 9.02. The minimum absolute atomic E-state index is 0.0299. The molecule has 0 aliphatic rings. The Bertz CT molecular complexity index is 499. The van der Waals surface area contributed by atoms with Crippen LogP contribution in [0.4, 0.5) is 0 Å². The first-order valence-corrected chi connectivity index (χ1v) is 15.1. The molecule has 40 heavy (non-hydrogen) atoms. The zero-order chi connectivity index (χ0) is 29.0. The summed E-state index contributed by atoms with van der Waals surface area (Å²) < 4.78 is 43.2. The molecule has 11 nitrogen and oxygen atoms in total. The van der Waals surface area contributed by atoms with Crippen LogP contribution in [-0.2, 0) is 42.7 Å². The summed E-state index contributed by atoms with van der Waals surface area (Å²) in [6.45, 7) is 12.8. The lowest BCUT2D eigenvalue weighted by Gasteiger charge is -2.09. The van der Waals surface area contributed by atoms with Crippen LogP contribution in [0.3, 0.4) is 0 Å². The van der Waals surface area contributed by atoms with E-state index in [1.165, 1.54) is 38.5 Å². The molecule has 0 amide bonds. The van der Waals surface area contributed by atoms with Crippen LogP contribution < -0.4 is 5.48 Å². The number of hydrogen-bond acceptors (Lipinski definition) is 11. The summed E-state index contributed by atoms with van der Waals surface area (Å²) in [6.07, 6.45) is 11.2. The smallest absolute Gasteiger partial charge is 0.0979 e. The number of hydrogen-bond donors (Lipinski definition) is 2. The molecule has 0 rings (SSSR count). The largest absolute Gasteiger partial charge is 0.394 e. The van der Waals surface area contributed by atoms with Gasteiger partial charge in [0.25, 0.3) is 0 Å². The zero-order valence-corrected chi connectivity index (χ0v) is 25.4. The molecular weight excluding hydrogens is 522 g/mol. The van der Waals surface area contributed by atoms with Crippen LogP contribution >= 0.6 is 0 Å². The normalized spacial score (nSPS) is 11.9. The second kappa shape index (κ2) is 36.2. The lowest BCUT2D eigenvalue weighted by molar-refractivity contribution is -0.0287. The van der Waals surface area contributed by atoms with Gasteiger partial charge >= 0.3 is 0 Å². The summed E-state index contributed by atoms with van der Waals surface area (Å²) in [5.74, 6) is 0. The third kappa shape index (κ3) is 35.2. The molecule has 0 radical (unpaired) electrons. The molecule has 0 aliphatic heterocycles. The molecule has 0 saturated heterocycles. The van der Waals surface area contributed by atoms with Gasteiger partial charge in [-0.25, -0.2) is 0 Å². The van der Waals surface area contributed by atoms with Crippen molar-refractivity contribution in [1.82, 2.24) is 5.48 Å². The summed E-state index contributed by atoms with van der Waals surface area (Å²) in [5, 5.41) is 8.57. The van der Waals surface area contributed by atoms with Gasteiger partial charge in [0.15, 0.2) is 0 Å². The van der Waals surface area contributed by atoms with Gasteiger partial charge in [-0.3, -0.25) is 10.3 Å². The minimum Gasteiger partial charge on any atom is -0.394 e. The molecule has 0 saturated carbocycles. The van der Waals surface area contributed by atoms with E-state index in [-0.39, 0.29) is 6.61 Å².